The Balaban J connectivity index is -0.0000000400. The Hall–Kier alpha value is 3.90. The first-order valence-corrected chi connectivity index (χ1v) is 22.9. The van der Waals surface area contributed by atoms with Gasteiger partial charge in [0, 0.05) is 68.9 Å². The fourth-order valence-electron chi connectivity index (χ4n) is 0. The van der Waals surface area contributed by atoms with Gasteiger partial charge in [0.25, 0.3) is 0 Å². The second-order valence-corrected chi connectivity index (χ2v) is 28.4. The Kier molecular flexibility index (Phi) is 55.1. The number of rotatable bonds is 0. The quantitative estimate of drug-likeness (QED) is 0.174. The zero-order valence-electron chi connectivity index (χ0n) is 3.91. The van der Waals surface area contributed by atoms with Crippen molar-refractivity contribution in [3.63, 3.8) is 0 Å². The van der Waals surface area contributed by atoms with Gasteiger partial charge in [0.15, 0.2) is 0 Å². The SMILES string of the molecule is N=CN.[Cs].[I][Pb][I]. The molecule has 0 amide bonds. The van der Waals surface area contributed by atoms with Gasteiger partial charge < -0.3 is 5.73 Å². The monoisotopic (exact) mass is 639 g/mol. The fraction of sp³-hybridized carbons (Fsp3) is 0. The second-order valence-electron chi connectivity index (χ2n) is 0.238. The van der Waals surface area contributed by atoms with Gasteiger partial charge in [-0.2, -0.15) is 0 Å². The summed E-state index contributed by atoms with van der Waals surface area (Å²) in [5.41, 5.74) is 4.39. The molecule has 37 valence electrons. The molecule has 0 aromatic heterocycles. The van der Waals surface area contributed by atoms with Crippen molar-refractivity contribution < 1.29 is 0 Å². The summed E-state index contributed by atoms with van der Waals surface area (Å²) in [6.45, 7) is 0. The van der Waals surface area contributed by atoms with Crippen molar-refractivity contribution in [3.05, 3.63) is 0 Å². The normalized spacial score (nSPS) is 4.29. The Morgan fingerprint density at radius 1 is 1.57 bits per heavy atom. The van der Waals surface area contributed by atoms with Gasteiger partial charge in [-0.3, -0.25) is 5.41 Å². The van der Waals surface area contributed by atoms with Crippen LogP contribution in [0, 0.1) is 5.41 Å². The summed E-state index contributed by atoms with van der Waals surface area (Å²) < 4.78 is 0. The summed E-state index contributed by atoms with van der Waals surface area (Å²) >= 11 is 4.96. The van der Waals surface area contributed by atoms with Crippen molar-refractivity contribution in [1.29, 1.82) is 5.41 Å². The molecule has 6 heteroatoms. The van der Waals surface area contributed by atoms with Crippen LogP contribution in [-0.2, 0) is 0 Å². The molecule has 0 aromatic rings. The Labute approximate surface area is 133 Å². The molecule has 0 aliphatic carbocycles. The molecule has 0 aliphatic rings. The van der Waals surface area contributed by atoms with Crippen molar-refractivity contribution in [2.75, 3.05) is 0 Å². The van der Waals surface area contributed by atoms with Crippen LogP contribution < -0.4 is 5.73 Å². The summed E-state index contributed by atoms with van der Waals surface area (Å²) in [7, 11) is 0. The van der Waals surface area contributed by atoms with Gasteiger partial charge in [0.1, 0.15) is 0 Å². The van der Waals surface area contributed by atoms with Crippen LogP contribution in [0.1, 0.15) is 0 Å². The average molecular weight is 638 g/mol. The van der Waals surface area contributed by atoms with E-state index in [2.05, 4.69) is 41.3 Å². The van der Waals surface area contributed by atoms with Crippen LogP contribution in [0.25, 0.3) is 0 Å². The first-order chi connectivity index (χ1) is 2.83. The van der Waals surface area contributed by atoms with Gasteiger partial charge in [0.05, 0.1) is 6.34 Å². The summed E-state index contributed by atoms with van der Waals surface area (Å²) in [5.74, 6) is 0. The van der Waals surface area contributed by atoms with Crippen molar-refractivity contribution in [2.45, 2.75) is 0 Å². The Morgan fingerprint density at radius 2 is 1.57 bits per heavy atom. The van der Waals surface area contributed by atoms with Crippen LogP contribution in [-0.4, -0.2) is 90.9 Å². The van der Waals surface area contributed by atoms with E-state index in [9.17, 15) is 0 Å². The first kappa shape index (κ1) is 17.1. The third-order valence-electron chi connectivity index (χ3n) is 0. The zero-order valence-corrected chi connectivity index (χ0v) is 18.4. The summed E-state index contributed by atoms with van der Waals surface area (Å²) in [4.78, 5) is 0. The van der Waals surface area contributed by atoms with Crippen LogP contribution in [0.15, 0.2) is 0 Å². The van der Waals surface area contributed by atoms with Crippen molar-refractivity contribution in [1.82, 2.24) is 0 Å². The number of nitrogens with two attached hydrogens (primary N) is 1. The zero-order chi connectivity index (χ0) is 5.41. The molecule has 0 bridgehead atoms. The molecule has 3 radical (unpaired) electrons. The van der Waals surface area contributed by atoms with Gasteiger partial charge in [-0.05, 0) is 0 Å². The van der Waals surface area contributed by atoms with Crippen LogP contribution >= 0.6 is 35.5 Å². The predicted octanol–water partition coefficient (Wildman–Crippen LogP) is 0.562. The third kappa shape index (κ3) is 40.6. The number of nitrogens with one attached hydrogen (secondary N) is 1. The fourth-order valence-corrected chi connectivity index (χ4v) is 0. The van der Waals surface area contributed by atoms with E-state index >= 15 is 0 Å². The molecule has 3 N–H and O–H groups in total. The second kappa shape index (κ2) is 22.5. The topological polar surface area (TPSA) is 49.9 Å². The van der Waals surface area contributed by atoms with Crippen molar-refractivity contribution in [2.24, 2.45) is 5.73 Å². The molecular formula is CH4CsI2N2Pb. The molecule has 0 atom stereocenters. The standard InChI is InChI=1S/CH4N2.Cs.2HI.Pb/c2-1-3;;;;/h1H,(H3,2,3);;2*1H;/q;;;;+2/p-2. The molecule has 0 aromatic carbocycles. The molecule has 0 heterocycles. The van der Waals surface area contributed by atoms with E-state index in [-0.39, 0.29) is 84.5 Å². The van der Waals surface area contributed by atoms with Gasteiger partial charge >= 0.3 is 51.2 Å². The summed E-state index contributed by atoms with van der Waals surface area (Å²) in [5, 5.41) is 5.86. The molecule has 7 heavy (non-hydrogen) atoms. The van der Waals surface area contributed by atoms with Gasteiger partial charge in [-0.15, -0.1) is 0 Å². The van der Waals surface area contributed by atoms with E-state index in [1.165, 1.54) is 0 Å². The molecule has 0 fully saturated rings. The Morgan fingerprint density at radius 3 is 1.57 bits per heavy atom. The molecule has 0 unspecified atom stereocenters. The van der Waals surface area contributed by atoms with Crippen LogP contribution in [0.5, 0.6) is 0 Å². The summed E-state index contributed by atoms with van der Waals surface area (Å²) in [6, 6.07) is 0. The molecule has 0 rings (SSSR count). The number of hydrogen-bond donors (Lipinski definition) is 2. The molecule has 0 saturated heterocycles. The molecule has 0 spiro atoms. The summed E-state index contributed by atoms with van der Waals surface area (Å²) in [6.07, 6.45) is 0.750. The van der Waals surface area contributed by atoms with E-state index in [1.54, 1.807) is 0 Å². The van der Waals surface area contributed by atoms with E-state index in [0.717, 1.165) is 6.34 Å². The van der Waals surface area contributed by atoms with Gasteiger partial charge in [0.2, 0.25) is 0 Å². The van der Waals surface area contributed by atoms with E-state index in [4.69, 9.17) is 5.41 Å². The van der Waals surface area contributed by atoms with Gasteiger partial charge in [-0.1, -0.05) is 0 Å². The van der Waals surface area contributed by atoms with Crippen LogP contribution in [0.2, 0.25) is 0 Å². The molecule has 2 nitrogen and oxygen atoms in total. The molecule has 0 aliphatic heterocycles. The van der Waals surface area contributed by atoms with E-state index < -0.39 is 0 Å². The average Bonchev–Trinajstić information content (AvgIpc) is 1.39. The van der Waals surface area contributed by atoms with E-state index in [0.29, 0.717) is 0 Å². The van der Waals surface area contributed by atoms with Crippen LogP contribution in [0.3, 0.4) is 0 Å². The van der Waals surface area contributed by atoms with Crippen LogP contribution in [0.4, 0.5) is 0 Å². The molecular weight excluding hydrogens is 634 g/mol. The minimum absolute atomic E-state index is 0. The first-order valence-electron chi connectivity index (χ1n) is 1.000. The third-order valence-corrected chi connectivity index (χ3v) is 0. The Bertz CT molecular complexity index is 29.7. The maximum atomic E-state index is 5.86. The minimum atomic E-state index is 0. The maximum absolute atomic E-state index is 5.86. The van der Waals surface area contributed by atoms with Gasteiger partial charge in [-0.25, -0.2) is 0 Å². The van der Waals surface area contributed by atoms with E-state index in [1.807, 2.05) is 0 Å². The van der Waals surface area contributed by atoms with Crippen molar-refractivity contribution >= 4 is 126 Å². The molecule has 0 saturated carbocycles. The van der Waals surface area contributed by atoms with Crippen molar-refractivity contribution in [3.8, 4) is 0 Å². The number of halogens is 2. The predicted molar refractivity (Wildman–Crippen MR) is 52.5 cm³/mol. The number of hydrogen-bond acceptors (Lipinski definition) is 1.